The summed E-state index contributed by atoms with van der Waals surface area (Å²) in [4.78, 5) is 27.0. The smallest absolute Gasteiger partial charge is 0.274 e. The Morgan fingerprint density at radius 1 is 1.11 bits per heavy atom. The second-order valence-corrected chi connectivity index (χ2v) is 8.27. The molecule has 7 heteroatoms. The molecule has 0 fully saturated rings. The van der Waals surface area contributed by atoms with E-state index in [0.717, 1.165) is 17.7 Å². The fourth-order valence-electron chi connectivity index (χ4n) is 3.31. The summed E-state index contributed by atoms with van der Waals surface area (Å²) >= 11 is 12.0. The van der Waals surface area contributed by atoms with E-state index in [1.807, 2.05) is 20.8 Å². The third kappa shape index (κ3) is 3.58. The van der Waals surface area contributed by atoms with Gasteiger partial charge in [-0.2, -0.15) is 0 Å². The summed E-state index contributed by atoms with van der Waals surface area (Å²) < 4.78 is 1.79. The molecule has 0 radical (unpaired) electrons. The Balaban J connectivity index is 2.02. The Labute approximate surface area is 168 Å². The SMILES string of the molecule is CCC(C)(C)c1cc(=O)c(O)c2n1CCN(Cc1ccc(Cl)c(Cl)c1)C2=O. The lowest BCUT2D eigenvalue weighted by Gasteiger charge is -2.35. The fourth-order valence-corrected chi connectivity index (χ4v) is 3.63. The average Bonchev–Trinajstić information content (AvgIpc) is 2.63. The van der Waals surface area contributed by atoms with Gasteiger partial charge in [0, 0.05) is 36.8 Å². The van der Waals surface area contributed by atoms with Gasteiger partial charge in [0.2, 0.25) is 5.43 Å². The van der Waals surface area contributed by atoms with Crippen molar-refractivity contribution in [3.63, 3.8) is 0 Å². The van der Waals surface area contributed by atoms with Gasteiger partial charge in [0.1, 0.15) is 0 Å². The molecule has 144 valence electrons. The van der Waals surface area contributed by atoms with Crippen LogP contribution >= 0.6 is 23.2 Å². The van der Waals surface area contributed by atoms with Crippen LogP contribution in [-0.4, -0.2) is 27.0 Å². The number of amides is 1. The molecule has 0 saturated heterocycles. The third-order valence-electron chi connectivity index (χ3n) is 5.30. The van der Waals surface area contributed by atoms with Crippen LogP contribution in [0.4, 0.5) is 0 Å². The molecular weight excluding hydrogens is 387 g/mol. The lowest BCUT2D eigenvalue weighted by molar-refractivity contribution is 0.0679. The minimum atomic E-state index is -0.525. The highest BCUT2D eigenvalue weighted by atomic mass is 35.5. The molecule has 0 atom stereocenters. The quantitative estimate of drug-likeness (QED) is 0.823. The summed E-state index contributed by atoms with van der Waals surface area (Å²) in [5, 5.41) is 11.2. The number of benzene rings is 1. The van der Waals surface area contributed by atoms with Gasteiger partial charge < -0.3 is 14.6 Å². The molecule has 0 spiro atoms. The molecule has 2 aromatic rings. The van der Waals surface area contributed by atoms with Gasteiger partial charge in [-0.3, -0.25) is 9.59 Å². The minimum absolute atomic E-state index is 0.0605. The second-order valence-electron chi connectivity index (χ2n) is 7.46. The van der Waals surface area contributed by atoms with E-state index in [1.165, 1.54) is 6.07 Å². The van der Waals surface area contributed by atoms with Crippen molar-refractivity contribution in [3.8, 4) is 5.75 Å². The number of hydrogen-bond donors (Lipinski definition) is 1. The fraction of sp³-hybridized carbons (Fsp3) is 0.400. The van der Waals surface area contributed by atoms with Crippen molar-refractivity contribution >= 4 is 29.1 Å². The summed E-state index contributed by atoms with van der Waals surface area (Å²) in [6.45, 7) is 7.39. The monoisotopic (exact) mass is 408 g/mol. The third-order valence-corrected chi connectivity index (χ3v) is 6.04. The maximum absolute atomic E-state index is 13.1. The Bertz CT molecular complexity index is 966. The van der Waals surface area contributed by atoms with Gasteiger partial charge in [0.25, 0.3) is 5.91 Å². The summed E-state index contributed by atoms with van der Waals surface area (Å²) in [7, 11) is 0. The van der Waals surface area contributed by atoms with E-state index in [4.69, 9.17) is 23.2 Å². The molecule has 0 saturated carbocycles. The molecule has 1 aromatic carbocycles. The van der Waals surface area contributed by atoms with Crippen molar-refractivity contribution in [2.24, 2.45) is 0 Å². The molecule has 27 heavy (non-hydrogen) atoms. The van der Waals surface area contributed by atoms with Crippen LogP contribution in [0.3, 0.4) is 0 Å². The predicted molar refractivity (Wildman–Crippen MR) is 107 cm³/mol. The zero-order chi connectivity index (χ0) is 19.9. The normalized spacial score (nSPS) is 14.4. The molecule has 1 N–H and O–H groups in total. The molecule has 1 aliphatic rings. The van der Waals surface area contributed by atoms with Crippen LogP contribution in [0.25, 0.3) is 0 Å². The molecule has 1 aromatic heterocycles. The molecule has 0 aliphatic carbocycles. The summed E-state index contributed by atoms with van der Waals surface area (Å²) in [6.07, 6.45) is 0.803. The van der Waals surface area contributed by atoms with E-state index in [2.05, 4.69) is 0 Å². The zero-order valence-electron chi connectivity index (χ0n) is 15.6. The Hall–Kier alpha value is -1.98. The highest BCUT2D eigenvalue weighted by Gasteiger charge is 2.33. The Morgan fingerprint density at radius 2 is 1.81 bits per heavy atom. The predicted octanol–water partition coefficient (Wildman–Crippen LogP) is 4.20. The largest absolute Gasteiger partial charge is 0.503 e. The lowest BCUT2D eigenvalue weighted by atomic mass is 9.85. The summed E-state index contributed by atoms with van der Waals surface area (Å²) in [5.74, 6) is -0.856. The van der Waals surface area contributed by atoms with Crippen molar-refractivity contribution in [2.75, 3.05) is 6.54 Å². The topological polar surface area (TPSA) is 62.5 Å². The first-order chi connectivity index (χ1) is 12.7. The number of carbonyl (C=O) groups excluding carboxylic acids is 1. The van der Waals surface area contributed by atoms with Crippen molar-refractivity contribution < 1.29 is 9.90 Å². The molecule has 3 rings (SSSR count). The van der Waals surface area contributed by atoms with Gasteiger partial charge in [-0.25, -0.2) is 0 Å². The van der Waals surface area contributed by atoms with Crippen molar-refractivity contribution in [2.45, 2.75) is 45.7 Å². The van der Waals surface area contributed by atoms with Crippen LogP contribution < -0.4 is 5.43 Å². The highest BCUT2D eigenvalue weighted by molar-refractivity contribution is 6.42. The highest BCUT2D eigenvalue weighted by Crippen LogP contribution is 2.31. The Kier molecular flexibility index (Phi) is 5.28. The first kappa shape index (κ1) is 19.8. The first-order valence-electron chi connectivity index (χ1n) is 8.86. The minimum Gasteiger partial charge on any atom is -0.503 e. The maximum Gasteiger partial charge on any atom is 0.274 e. The van der Waals surface area contributed by atoms with E-state index in [9.17, 15) is 14.7 Å². The number of pyridine rings is 1. The number of nitrogens with zero attached hydrogens (tertiary/aromatic N) is 2. The zero-order valence-corrected chi connectivity index (χ0v) is 17.1. The molecule has 0 bridgehead atoms. The molecule has 1 amide bonds. The van der Waals surface area contributed by atoms with E-state index < -0.39 is 11.2 Å². The number of aromatic hydroxyl groups is 1. The van der Waals surface area contributed by atoms with Gasteiger partial charge in [0.15, 0.2) is 11.4 Å². The van der Waals surface area contributed by atoms with Crippen molar-refractivity contribution in [1.82, 2.24) is 9.47 Å². The average molecular weight is 409 g/mol. The molecule has 2 heterocycles. The number of aromatic nitrogens is 1. The van der Waals surface area contributed by atoms with Crippen LogP contribution in [0.5, 0.6) is 5.75 Å². The van der Waals surface area contributed by atoms with Gasteiger partial charge in [-0.1, -0.05) is 50.0 Å². The van der Waals surface area contributed by atoms with Crippen molar-refractivity contribution in [1.29, 1.82) is 0 Å². The standard InChI is InChI=1S/C20H22Cl2N2O3/c1-4-20(2,3)16-10-15(25)18(26)17-19(27)23(7-8-24(16)17)11-12-5-6-13(21)14(22)9-12/h5-6,9-10,26H,4,7-8,11H2,1-3H3. The number of fused-ring (bicyclic) bond motifs is 1. The summed E-state index contributed by atoms with van der Waals surface area (Å²) in [5.41, 5.74) is 0.851. The molecular formula is C20H22Cl2N2O3. The van der Waals surface area contributed by atoms with E-state index >= 15 is 0 Å². The van der Waals surface area contributed by atoms with Crippen molar-refractivity contribution in [3.05, 3.63) is 61.5 Å². The van der Waals surface area contributed by atoms with Crippen LogP contribution in [0, 0.1) is 0 Å². The van der Waals surface area contributed by atoms with E-state index in [1.54, 1.807) is 27.7 Å². The first-order valence-corrected chi connectivity index (χ1v) is 9.61. The van der Waals surface area contributed by atoms with Gasteiger partial charge >= 0.3 is 0 Å². The Morgan fingerprint density at radius 3 is 2.44 bits per heavy atom. The number of halogens is 2. The molecule has 1 aliphatic heterocycles. The number of hydrogen-bond acceptors (Lipinski definition) is 3. The van der Waals surface area contributed by atoms with E-state index in [-0.39, 0.29) is 17.0 Å². The van der Waals surface area contributed by atoms with E-state index in [0.29, 0.717) is 29.7 Å². The van der Waals surface area contributed by atoms with Gasteiger partial charge in [-0.15, -0.1) is 0 Å². The van der Waals surface area contributed by atoms with Gasteiger partial charge in [-0.05, 0) is 24.1 Å². The maximum atomic E-state index is 13.1. The lowest BCUT2D eigenvalue weighted by Crippen LogP contribution is -2.43. The summed E-state index contributed by atoms with van der Waals surface area (Å²) in [6, 6.07) is 6.66. The number of carbonyl (C=O) groups is 1. The molecule has 0 unspecified atom stereocenters. The van der Waals surface area contributed by atoms with Crippen LogP contribution in [0.2, 0.25) is 10.0 Å². The van der Waals surface area contributed by atoms with Crippen LogP contribution in [-0.2, 0) is 18.5 Å². The second kappa shape index (κ2) is 7.21. The van der Waals surface area contributed by atoms with Crippen LogP contribution in [0.1, 0.15) is 48.9 Å². The van der Waals surface area contributed by atoms with Gasteiger partial charge in [0.05, 0.1) is 10.0 Å². The molecule has 5 nitrogen and oxygen atoms in total. The number of rotatable bonds is 4. The van der Waals surface area contributed by atoms with Crippen LogP contribution in [0.15, 0.2) is 29.1 Å².